The van der Waals surface area contributed by atoms with Gasteiger partial charge < -0.3 is 8.85 Å². The van der Waals surface area contributed by atoms with Gasteiger partial charge in [0.05, 0.1) is 0 Å². The quantitative estimate of drug-likeness (QED) is 0.670. The van der Waals surface area contributed by atoms with E-state index in [0.29, 0.717) is 10.5 Å². The van der Waals surface area contributed by atoms with Crippen molar-refractivity contribution >= 4 is 9.28 Å². The molecule has 0 bridgehead atoms. The van der Waals surface area contributed by atoms with Crippen LogP contribution < -0.4 is 0 Å². The van der Waals surface area contributed by atoms with E-state index in [4.69, 9.17) is 8.85 Å². The molecule has 0 aromatic rings. The molecule has 1 rings (SSSR count). The van der Waals surface area contributed by atoms with Crippen LogP contribution in [-0.4, -0.2) is 23.5 Å². The predicted octanol–water partition coefficient (Wildman–Crippen LogP) is 4.03. The van der Waals surface area contributed by atoms with Crippen molar-refractivity contribution < 1.29 is 8.85 Å². The molecule has 3 heteroatoms. The second kappa shape index (κ2) is 6.35. The summed E-state index contributed by atoms with van der Waals surface area (Å²) >= 11 is 0. The fourth-order valence-corrected chi connectivity index (χ4v) is 6.59. The van der Waals surface area contributed by atoms with Crippen LogP contribution in [0.2, 0.25) is 5.04 Å². The highest BCUT2D eigenvalue weighted by Crippen LogP contribution is 2.59. The number of hydrogen-bond acceptors (Lipinski definition) is 2. The summed E-state index contributed by atoms with van der Waals surface area (Å²) in [6, 6.07) is 0. The van der Waals surface area contributed by atoms with Crippen LogP contribution >= 0.6 is 0 Å². The second-order valence-corrected chi connectivity index (χ2v) is 8.87. The van der Waals surface area contributed by atoms with Gasteiger partial charge in [0.15, 0.2) is 0 Å². The van der Waals surface area contributed by atoms with Crippen LogP contribution in [0.25, 0.3) is 0 Å². The zero-order valence-corrected chi connectivity index (χ0v) is 13.5. The first kappa shape index (κ1) is 15.2. The summed E-state index contributed by atoms with van der Waals surface area (Å²) in [7, 11) is 2.13. The maximum atomic E-state index is 5.79. The lowest BCUT2D eigenvalue weighted by Gasteiger charge is -2.51. The Bertz CT molecular complexity index is 218. The van der Waals surface area contributed by atoms with Gasteiger partial charge in [0.25, 0.3) is 0 Å². The van der Waals surface area contributed by atoms with Gasteiger partial charge >= 0.3 is 9.28 Å². The monoisotopic (exact) mass is 258 g/mol. The van der Waals surface area contributed by atoms with E-state index in [1.807, 2.05) is 14.2 Å². The third-order valence-corrected chi connectivity index (χ3v) is 7.97. The average Bonchev–Trinajstić information content (AvgIpc) is 2.31. The van der Waals surface area contributed by atoms with Gasteiger partial charge in [0, 0.05) is 19.3 Å². The van der Waals surface area contributed by atoms with Gasteiger partial charge in [-0.1, -0.05) is 46.5 Å². The highest BCUT2D eigenvalue weighted by molar-refractivity contribution is 6.49. The van der Waals surface area contributed by atoms with Gasteiger partial charge in [0.2, 0.25) is 0 Å². The molecular weight excluding hydrogens is 228 g/mol. The smallest absolute Gasteiger partial charge is 0.327 e. The van der Waals surface area contributed by atoms with Crippen LogP contribution in [-0.2, 0) is 8.85 Å². The maximum absolute atomic E-state index is 5.79. The molecule has 1 fully saturated rings. The van der Waals surface area contributed by atoms with Gasteiger partial charge in [-0.2, -0.15) is 0 Å². The summed E-state index contributed by atoms with van der Waals surface area (Å²) in [4.78, 5) is 0. The van der Waals surface area contributed by atoms with Gasteiger partial charge in [-0.3, -0.25) is 0 Å². The van der Waals surface area contributed by atoms with E-state index < -0.39 is 9.28 Å². The molecule has 0 aliphatic heterocycles. The minimum absolute atomic E-state index is 0.338. The Morgan fingerprint density at radius 3 is 2.00 bits per heavy atom. The normalized spacial score (nSPS) is 20.8. The van der Waals surface area contributed by atoms with Crippen molar-refractivity contribution in [1.82, 2.24) is 0 Å². The lowest BCUT2D eigenvalue weighted by atomic mass is 9.68. The highest BCUT2D eigenvalue weighted by atomic mass is 28.3. The number of hydrogen-bond donors (Lipinski definition) is 0. The molecule has 0 unspecified atom stereocenters. The molecule has 0 N–H and O–H groups in total. The van der Waals surface area contributed by atoms with E-state index in [2.05, 4.69) is 20.8 Å². The first-order valence-corrected chi connectivity index (χ1v) is 8.61. The van der Waals surface area contributed by atoms with Crippen LogP contribution in [0.3, 0.4) is 0 Å². The van der Waals surface area contributed by atoms with E-state index in [1.54, 1.807) is 0 Å². The first-order chi connectivity index (χ1) is 8.04. The molecule has 0 radical (unpaired) electrons. The Kier molecular flexibility index (Phi) is 5.67. The zero-order valence-electron chi connectivity index (χ0n) is 12.3. The summed E-state index contributed by atoms with van der Waals surface area (Å²) in [6.07, 6.45) is 9.23. The molecule has 0 spiro atoms. The molecule has 0 amide bonds. The second-order valence-electron chi connectivity index (χ2n) is 6.15. The van der Waals surface area contributed by atoms with E-state index in [9.17, 15) is 0 Å². The molecular formula is C14H30O2Si. The Labute approximate surface area is 109 Å². The molecule has 2 nitrogen and oxygen atoms in total. The van der Waals surface area contributed by atoms with E-state index in [0.717, 1.165) is 0 Å². The summed E-state index contributed by atoms with van der Waals surface area (Å²) < 4.78 is 11.6. The third kappa shape index (κ3) is 2.94. The molecule has 102 valence electrons. The van der Waals surface area contributed by atoms with Crippen molar-refractivity contribution in [2.24, 2.45) is 5.41 Å². The van der Waals surface area contributed by atoms with Crippen LogP contribution in [0.15, 0.2) is 0 Å². The SMILES string of the molecule is CCCC(C)(C)C1([SiH](OC)OC)CCCCC1. The average molecular weight is 258 g/mol. The standard InChI is InChI=1S/C14H30O2Si/c1-6-10-13(2,3)14(17(15-4)16-5)11-8-7-9-12-14/h17H,6-12H2,1-5H3. The Morgan fingerprint density at radius 1 is 1.06 bits per heavy atom. The Hall–Kier alpha value is 0.137. The lowest BCUT2D eigenvalue weighted by Crippen LogP contribution is -2.47. The fourth-order valence-electron chi connectivity index (χ4n) is 3.84. The number of rotatable bonds is 6. The van der Waals surface area contributed by atoms with Gasteiger partial charge in [-0.25, -0.2) is 0 Å². The molecule has 1 saturated carbocycles. The van der Waals surface area contributed by atoms with Crippen LogP contribution in [0.4, 0.5) is 0 Å². The first-order valence-electron chi connectivity index (χ1n) is 7.09. The minimum Gasteiger partial charge on any atom is -0.400 e. The van der Waals surface area contributed by atoms with E-state index in [-0.39, 0.29) is 0 Å². The summed E-state index contributed by atoms with van der Waals surface area (Å²) in [6.45, 7) is 7.15. The van der Waals surface area contributed by atoms with Crippen molar-refractivity contribution in [1.29, 1.82) is 0 Å². The molecule has 17 heavy (non-hydrogen) atoms. The van der Waals surface area contributed by atoms with Gasteiger partial charge in [-0.05, 0) is 24.7 Å². The predicted molar refractivity (Wildman–Crippen MR) is 75.6 cm³/mol. The van der Waals surface area contributed by atoms with Crippen molar-refractivity contribution in [3.8, 4) is 0 Å². The Balaban J connectivity index is 2.99. The lowest BCUT2D eigenvalue weighted by molar-refractivity contribution is 0.104. The van der Waals surface area contributed by atoms with E-state index in [1.165, 1.54) is 44.9 Å². The molecule has 0 saturated heterocycles. The van der Waals surface area contributed by atoms with Crippen LogP contribution in [0, 0.1) is 5.41 Å². The zero-order chi connectivity index (χ0) is 12.9. The van der Waals surface area contributed by atoms with Crippen molar-refractivity contribution in [2.45, 2.75) is 70.8 Å². The van der Waals surface area contributed by atoms with Gasteiger partial charge in [-0.15, -0.1) is 0 Å². The molecule has 0 aromatic carbocycles. The maximum Gasteiger partial charge on any atom is 0.327 e. The summed E-state index contributed by atoms with van der Waals surface area (Å²) in [5, 5.41) is 0.338. The fraction of sp³-hybridized carbons (Fsp3) is 1.00. The molecule has 1 aliphatic carbocycles. The topological polar surface area (TPSA) is 18.5 Å². The molecule has 1 aliphatic rings. The van der Waals surface area contributed by atoms with Crippen molar-refractivity contribution in [3.63, 3.8) is 0 Å². The highest BCUT2D eigenvalue weighted by Gasteiger charge is 2.52. The summed E-state index contributed by atoms with van der Waals surface area (Å²) in [5.41, 5.74) is 0.352. The van der Waals surface area contributed by atoms with Gasteiger partial charge in [0.1, 0.15) is 0 Å². The molecule has 0 heterocycles. The Morgan fingerprint density at radius 2 is 1.59 bits per heavy atom. The third-order valence-electron chi connectivity index (χ3n) is 4.85. The van der Waals surface area contributed by atoms with Crippen molar-refractivity contribution in [3.05, 3.63) is 0 Å². The largest absolute Gasteiger partial charge is 0.400 e. The molecule has 0 aromatic heterocycles. The van der Waals surface area contributed by atoms with Crippen LogP contribution in [0.5, 0.6) is 0 Å². The van der Waals surface area contributed by atoms with Crippen LogP contribution in [0.1, 0.15) is 65.7 Å². The van der Waals surface area contributed by atoms with Crippen molar-refractivity contribution in [2.75, 3.05) is 14.2 Å². The summed E-state index contributed by atoms with van der Waals surface area (Å²) in [5.74, 6) is 0. The minimum atomic E-state index is -1.57. The van der Waals surface area contributed by atoms with E-state index >= 15 is 0 Å². The molecule has 0 atom stereocenters.